The van der Waals surface area contributed by atoms with E-state index in [9.17, 15) is 13.2 Å². The van der Waals surface area contributed by atoms with Crippen LogP contribution < -0.4 is 0 Å². The Bertz CT molecular complexity index is 371. The van der Waals surface area contributed by atoms with Gasteiger partial charge in [-0.2, -0.15) is 13.2 Å². The average molecular weight is 298 g/mol. The number of hydrogen-bond acceptors (Lipinski definition) is 2. The molecule has 2 bridgehead atoms. The summed E-state index contributed by atoms with van der Waals surface area (Å²) in [6.07, 6.45) is -4.41. The summed E-state index contributed by atoms with van der Waals surface area (Å²) in [5.74, 6) is -0.482. The quantitative estimate of drug-likeness (QED) is 0.807. The molecule has 0 amide bonds. The highest BCUT2D eigenvalue weighted by Crippen LogP contribution is 2.64. The monoisotopic (exact) mass is 298 g/mol. The lowest BCUT2D eigenvalue weighted by Crippen LogP contribution is -2.64. The fourth-order valence-electron chi connectivity index (χ4n) is 4.19. The van der Waals surface area contributed by atoms with Gasteiger partial charge in [0.2, 0.25) is 0 Å². The molecule has 0 aromatic rings. The van der Waals surface area contributed by atoms with Crippen LogP contribution in [0.4, 0.5) is 17.6 Å². The topological polar surface area (TPSA) is 29.5 Å². The van der Waals surface area contributed by atoms with Gasteiger partial charge < -0.3 is 9.84 Å². The second-order valence-corrected chi connectivity index (χ2v) is 6.49. The lowest BCUT2D eigenvalue weighted by Gasteiger charge is -2.48. The van der Waals surface area contributed by atoms with Gasteiger partial charge in [-0.25, -0.2) is 4.39 Å². The van der Waals surface area contributed by atoms with E-state index in [2.05, 4.69) is 0 Å². The third-order valence-electron chi connectivity index (χ3n) is 5.73. The first-order chi connectivity index (χ1) is 9.08. The van der Waals surface area contributed by atoms with E-state index in [-0.39, 0.29) is 24.2 Å². The molecule has 20 heavy (non-hydrogen) atoms. The molecule has 2 fully saturated rings. The number of rotatable bonds is 4. The first-order valence-electron chi connectivity index (χ1n) is 7.09. The Morgan fingerprint density at radius 1 is 1.25 bits per heavy atom. The first kappa shape index (κ1) is 16.0. The molecule has 6 heteroatoms. The van der Waals surface area contributed by atoms with Gasteiger partial charge in [0.05, 0.1) is 13.2 Å². The van der Waals surface area contributed by atoms with Crippen LogP contribution in [0.3, 0.4) is 0 Å². The smallest absolute Gasteiger partial charge is 0.394 e. The van der Waals surface area contributed by atoms with Crippen LogP contribution in [0, 0.1) is 23.7 Å². The van der Waals surface area contributed by atoms with Gasteiger partial charge in [-0.05, 0) is 43.4 Å². The molecule has 0 heterocycles. The molecule has 6 atom stereocenters. The van der Waals surface area contributed by atoms with Crippen LogP contribution in [0.5, 0.6) is 0 Å². The molecule has 2 aliphatic carbocycles. The van der Waals surface area contributed by atoms with Gasteiger partial charge in [-0.3, -0.25) is 0 Å². The molecular weight excluding hydrogens is 276 g/mol. The van der Waals surface area contributed by atoms with Gasteiger partial charge in [0.1, 0.15) is 0 Å². The number of fused-ring (bicyclic) bond motifs is 2. The van der Waals surface area contributed by atoms with E-state index >= 15 is 4.39 Å². The molecule has 0 aliphatic heterocycles. The van der Waals surface area contributed by atoms with Crippen molar-refractivity contribution in [1.29, 1.82) is 0 Å². The zero-order chi connectivity index (χ0) is 15.3. The highest BCUT2D eigenvalue weighted by molar-refractivity contribution is 5.16. The van der Waals surface area contributed by atoms with Gasteiger partial charge in [-0.15, -0.1) is 0 Å². The van der Waals surface area contributed by atoms with Crippen LogP contribution in [-0.2, 0) is 4.74 Å². The third-order valence-corrected chi connectivity index (χ3v) is 5.73. The lowest BCUT2D eigenvalue weighted by molar-refractivity contribution is -0.325. The van der Waals surface area contributed by atoms with Crippen LogP contribution in [0.1, 0.15) is 33.6 Å². The molecule has 2 aliphatic rings. The van der Waals surface area contributed by atoms with Crippen LogP contribution in [-0.4, -0.2) is 35.8 Å². The Balaban J connectivity index is 2.35. The van der Waals surface area contributed by atoms with E-state index in [4.69, 9.17) is 9.84 Å². The third kappa shape index (κ3) is 1.98. The molecule has 2 rings (SSSR count). The first-order valence-corrected chi connectivity index (χ1v) is 7.09. The second kappa shape index (κ2) is 4.83. The van der Waals surface area contributed by atoms with E-state index in [0.29, 0.717) is 6.42 Å². The zero-order valence-electron chi connectivity index (χ0n) is 12.0. The SMILES string of the molecule is CC1C2CC(C1C)C(F)(C(C)(OCCO)C(F)(F)F)C2. The summed E-state index contributed by atoms with van der Waals surface area (Å²) >= 11 is 0. The summed E-state index contributed by atoms with van der Waals surface area (Å²) in [6.45, 7) is 3.53. The summed E-state index contributed by atoms with van der Waals surface area (Å²) in [7, 11) is 0. The summed E-state index contributed by atoms with van der Waals surface area (Å²) in [4.78, 5) is 0. The highest BCUT2D eigenvalue weighted by Gasteiger charge is 2.74. The van der Waals surface area contributed by atoms with Gasteiger partial charge in [0, 0.05) is 0 Å². The molecular formula is C14H22F4O2. The van der Waals surface area contributed by atoms with Crippen molar-refractivity contribution in [3.8, 4) is 0 Å². The average Bonchev–Trinajstić information content (AvgIpc) is 2.83. The Kier molecular flexibility index (Phi) is 3.87. The molecule has 2 saturated carbocycles. The number of aliphatic hydroxyl groups excluding tert-OH is 1. The number of hydrogen-bond donors (Lipinski definition) is 1. The number of halogens is 4. The normalized spacial score (nSPS) is 43.8. The van der Waals surface area contributed by atoms with E-state index in [1.165, 1.54) is 0 Å². The minimum atomic E-state index is -4.80. The molecule has 0 radical (unpaired) electrons. The molecule has 0 aromatic heterocycles. The van der Waals surface area contributed by atoms with E-state index in [1.54, 1.807) is 0 Å². The van der Waals surface area contributed by atoms with Gasteiger partial charge >= 0.3 is 6.18 Å². The van der Waals surface area contributed by atoms with Gasteiger partial charge in [0.25, 0.3) is 0 Å². The van der Waals surface area contributed by atoms with Crippen molar-refractivity contribution in [3.63, 3.8) is 0 Å². The fraction of sp³-hybridized carbons (Fsp3) is 1.00. The van der Waals surface area contributed by atoms with Crippen molar-refractivity contribution < 1.29 is 27.4 Å². The molecule has 0 saturated heterocycles. The van der Waals surface area contributed by atoms with Crippen molar-refractivity contribution in [1.82, 2.24) is 0 Å². The van der Waals surface area contributed by atoms with Crippen LogP contribution in [0.25, 0.3) is 0 Å². The number of aliphatic hydroxyl groups is 1. The maximum atomic E-state index is 15.4. The van der Waals surface area contributed by atoms with Crippen molar-refractivity contribution in [2.75, 3.05) is 13.2 Å². The Morgan fingerprint density at radius 3 is 2.25 bits per heavy atom. The van der Waals surface area contributed by atoms with E-state index in [0.717, 1.165) is 6.92 Å². The van der Waals surface area contributed by atoms with E-state index < -0.39 is 36.6 Å². The maximum absolute atomic E-state index is 15.4. The summed E-state index contributed by atoms with van der Waals surface area (Å²) in [5, 5.41) is 8.73. The second-order valence-electron chi connectivity index (χ2n) is 6.49. The summed E-state index contributed by atoms with van der Waals surface area (Å²) in [6, 6.07) is 0. The predicted octanol–water partition coefficient (Wildman–Crippen LogP) is 3.34. The molecule has 2 nitrogen and oxygen atoms in total. The van der Waals surface area contributed by atoms with Crippen LogP contribution in [0.15, 0.2) is 0 Å². The molecule has 118 valence electrons. The zero-order valence-corrected chi connectivity index (χ0v) is 12.0. The predicted molar refractivity (Wildman–Crippen MR) is 65.9 cm³/mol. The van der Waals surface area contributed by atoms with Crippen molar-refractivity contribution in [2.45, 2.75) is 51.1 Å². The molecule has 1 N–H and O–H groups in total. The summed E-state index contributed by atoms with van der Waals surface area (Å²) in [5.41, 5.74) is -5.26. The van der Waals surface area contributed by atoms with Crippen LogP contribution in [0.2, 0.25) is 0 Å². The lowest BCUT2D eigenvalue weighted by atomic mass is 9.67. The highest BCUT2D eigenvalue weighted by atomic mass is 19.4. The standard InChI is InChI=1S/C14H22F4O2/c1-8-9(2)11-6-10(8)7-13(11,15)12(3,14(16,17)18)20-5-4-19/h8-11,19H,4-7H2,1-3H3. The van der Waals surface area contributed by atoms with Gasteiger partial charge in [0.15, 0.2) is 11.3 Å². The molecule has 0 aromatic carbocycles. The minimum absolute atomic E-state index is 0.0144. The van der Waals surface area contributed by atoms with Crippen molar-refractivity contribution in [3.05, 3.63) is 0 Å². The Morgan fingerprint density at radius 2 is 1.85 bits per heavy atom. The molecule has 0 spiro atoms. The van der Waals surface area contributed by atoms with Crippen molar-refractivity contribution in [2.24, 2.45) is 23.7 Å². The fourth-order valence-corrected chi connectivity index (χ4v) is 4.19. The van der Waals surface area contributed by atoms with E-state index in [1.807, 2.05) is 13.8 Å². The summed E-state index contributed by atoms with van der Waals surface area (Å²) < 4.78 is 60.5. The maximum Gasteiger partial charge on any atom is 0.420 e. The van der Waals surface area contributed by atoms with Gasteiger partial charge in [-0.1, -0.05) is 13.8 Å². The number of ether oxygens (including phenoxy) is 1. The Labute approximate surface area is 116 Å². The molecule has 6 unspecified atom stereocenters. The van der Waals surface area contributed by atoms with Crippen molar-refractivity contribution >= 4 is 0 Å². The minimum Gasteiger partial charge on any atom is -0.394 e. The Hall–Kier alpha value is -0.360. The largest absolute Gasteiger partial charge is 0.420 e. The van der Waals surface area contributed by atoms with Crippen LogP contribution >= 0.6 is 0 Å². The number of alkyl halides is 4.